The fourth-order valence-electron chi connectivity index (χ4n) is 7.54. The standard InChI is InChI=1S/C44H30N4.C3H6.C2H4/c1-3-13-29(14-4-1)43-45-38-20-10-7-19-35(38)44(46-43)48-40-22-12-9-18-34(40)37-28-31(24-26-42(37)48)30-23-25-41-36(27-30)33-17-8-11-21-39(33)47(41)32-15-5-2-6-16-32;1-3-2;1-2/h1-28,43,46H;3H,1H2,2H3;1-2H2. The van der Waals surface area contributed by atoms with Crippen molar-refractivity contribution in [3.8, 4) is 16.8 Å². The predicted molar refractivity (Wildman–Crippen MR) is 225 cm³/mol. The molecule has 10 rings (SSSR count). The Balaban J connectivity index is 0.000000764. The van der Waals surface area contributed by atoms with Crippen molar-refractivity contribution < 1.29 is 0 Å². The van der Waals surface area contributed by atoms with Crippen molar-refractivity contribution in [3.63, 3.8) is 0 Å². The van der Waals surface area contributed by atoms with Gasteiger partial charge >= 0.3 is 0 Å². The van der Waals surface area contributed by atoms with E-state index < -0.39 is 0 Å². The van der Waals surface area contributed by atoms with Gasteiger partial charge in [0.25, 0.3) is 0 Å². The third-order valence-electron chi connectivity index (χ3n) is 9.73. The zero-order chi connectivity index (χ0) is 36.3. The molecule has 4 nitrogen and oxygen atoms in total. The molecule has 0 radical (unpaired) electrons. The molecule has 0 amide bonds. The van der Waals surface area contributed by atoms with Crippen molar-refractivity contribution >= 4 is 49.4 Å². The normalized spacial score (nSPS) is 13.3. The Kier molecular flexibility index (Phi) is 9.02. The molecule has 0 aliphatic carbocycles. The molecule has 1 aliphatic heterocycles. The highest BCUT2D eigenvalue weighted by Crippen LogP contribution is 2.38. The first-order valence-electron chi connectivity index (χ1n) is 17.9. The smallest absolute Gasteiger partial charge is 0.146 e. The largest absolute Gasteiger partial charge is 0.345 e. The van der Waals surface area contributed by atoms with Crippen LogP contribution in [0.5, 0.6) is 0 Å². The molecule has 1 aliphatic rings. The van der Waals surface area contributed by atoms with E-state index in [2.05, 4.69) is 204 Å². The number of hydrogen-bond donors (Lipinski definition) is 1. The van der Waals surface area contributed by atoms with Gasteiger partial charge in [-0.25, -0.2) is 0 Å². The third-order valence-corrected chi connectivity index (χ3v) is 9.73. The van der Waals surface area contributed by atoms with Crippen molar-refractivity contribution in [2.45, 2.75) is 13.1 Å². The van der Waals surface area contributed by atoms with Gasteiger partial charge in [-0.1, -0.05) is 115 Å². The lowest BCUT2D eigenvalue weighted by Crippen LogP contribution is -2.41. The molecule has 1 atom stereocenters. The number of benzene rings is 7. The van der Waals surface area contributed by atoms with Crippen LogP contribution in [0.2, 0.25) is 0 Å². The Morgan fingerprint density at radius 1 is 0.528 bits per heavy atom. The lowest BCUT2D eigenvalue weighted by molar-refractivity contribution is 0.617. The molecule has 0 saturated heterocycles. The number of fused-ring (bicyclic) bond motifs is 7. The van der Waals surface area contributed by atoms with Crippen LogP contribution in [0.3, 0.4) is 0 Å². The average Bonchev–Trinajstić information content (AvgIpc) is 3.74. The molecule has 2 aromatic heterocycles. The molecule has 4 heteroatoms. The first-order valence-corrected chi connectivity index (χ1v) is 17.9. The monoisotopic (exact) mass is 684 g/mol. The number of nitrogens with zero attached hydrogens (tertiary/aromatic N) is 3. The Hall–Kier alpha value is -6.91. The Morgan fingerprint density at radius 3 is 1.62 bits per heavy atom. The average molecular weight is 685 g/mol. The van der Waals surface area contributed by atoms with E-state index in [1.165, 1.54) is 49.4 Å². The van der Waals surface area contributed by atoms with Gasteiger partial charge in [-0.2, -0.15) is 0 Å². The molecule has 0 bridgehead atoms. The summed E-state index contributed by atoms with van der Waals surface area (Å²) < 4.78 is 4.75. The van der Waals surface area contributed by atoms with E-state index in [1.54, 1.807) is 6.08 Å². The van der Waals surface area contributed by atoms with Gasteiger partial charge in [-0.15, -0.1) is 19.7 Å². The van der Waals surface area contributed by atoms with Gasteiger partial charge in [-0.3, -0.25) is 9.56 Å². The number of nitrogens with one attached hydrogen (secondary N) is 1. The molecule has 7 aromatic carbocycles. The van der Waals surface area contributed by atoms with Crippen LogP contribution in [0.1, 0.15) is 18.7 Å². The van der Waals surface area contributed by atoms with Gasteiger partial charge in [0, 0.05) is 32.5 Å². The highest BCUT2D eigenvalue weighted by atomic mass is 15.2. The summed E-state index contributed by atoms with van der Waals surface area (Å²) in [7, 11) is 0. The van der Waals surface area contributed by atoms with Crippen molar-refractivity contribution in [2.75, 3.05) is 0 Å². The van der Waals surface area contributed by atoms with Gasteiger partial charge in [0.05, 0.1) is 27.4 Å². The van der Waals surface area contributed by atoms with Crippen molar-refractivity contribution in [1.29, 1.82) is 0 Å². The quantitative estimate of drug-likeness (QED) is 0.184. The van der Waals surface area contributed by atoms with Crippen LogP contribution in [0.4, 0.5) is 0 Å². The zero-order valence-electron chi connectivity index (χ0n) is 29.8. The van der Waals surface area contributed by atoms with Gasteiger partial charge in [0.2, 0.25) is 0 Å². The van der Waals surface area contributed by atoms with Crippen LogP contribution < -0.4 is 15.9 Å². The SMILES string of the molecule is C=C.C=CC.c1ccc(C2N=c3ccccc3=C(n3c4ccccc4c4cc(-c5ccc6c(c5)c5ccccc5n6-c5ccccc5)ccc43)N2)cc1. The Labute approximate surface area is 309 Å². The van der Waals surface area contributed by atoms with E-state index in [4.69, 9.17) is 4.99 Å². The van der Waals surface area contributed by atoms with Crippen LogP contribution in [-0.2, 0) is 0 Å². The molecule has 0 fully saturated rings. The van der Waals surface area contributed by atoms with E-state index in [1.807, 2.05) is 6.92 Å². The van der Waals surface area contributed by atoms with Crippen LogP contribution in [0.25, 0.3) is 66.2 Å². The van der Waals surface area contributed by atoms with Crippen molar-refractivity contribution in [2.24, 2.45) is 4.99 Å². The fraction of sp³-hybridized carbons (Fsp3) is 0.0408. The third kappa shape index (κ3) is 5.81. The summed E-state index contributed by atoms with van der Waals surface area (Å²) in [5, 5.41) is 10.9. The molecule has 9 aromatic rings. The van der Waals surface area contributed by atoms with Crippen molar-refractivity contribution in [1.82, 2.24) is 14.5 Å². The molecule has 256 valence electrons. The van der Waals surface area contributed by atoms with Crippen molar-refractivity contribution in [3.05, 3.63) is 212 Å². The second kappa shape index (κ2) is 14.4. The minimum absolute atomic E-state index is 0.184. The maximum absolute atomic E-state index is 5.11. The summed E-state index contributed by atoms with van der Waals surface area (Å²) in [6.45, 7) is 11.2. The van der Waals surface area contributed by atoms with Crippen LogP contribution in [-0.4, -0.2) is 9.13 Å². The van der Waals surface area contributed by atoms with Gasteiger partial charge < -0.3 is 9.88 Å². The number of hydrogen-bond acceptors (Lipinski definition) is 2. The Bertz CT molecular complexity index is 2880. The Morgan fingerprint density at radius 2 is 1.00 bits per heavy atom. The fourth-order valence-corrected chi connectivity index (χ4v) is 7.54. The second-order valence-electron chi connectivity index (χ2n) is 12.9. The molecule has 3 heterocycles. The minimum atomic E-state index is -0.184. The highest BCUT2D eigenvalue weighted by Gasteiger charge is 2.22. The molecule has 1 N–H and O–H groups in total. The number of allylic oxidation sites excluding steroid dienone is 1. The lowest BCUT2D eigenvalue weighted by atomic mass is 10.0. The highest BCUT2D eigenvalue weighted by molar-refractivity contribution is 6.13. The van der Waals surface area contributed by atoms with Crippen LogP contribution >= 0.6 is 0 Å². The zero-order valence-corrected chi connectivity index (χ0v) is 29.8. The molecular formula is C49H40N4. The van der Waals surface area contributed by atoms with Gasteiger partial charge in [0.1, 0.15) is 12.0 Å². The first kappa shape index (κ1) is 33.2. The summed E-state index contributed by atoms with van der Waals surface area (Å²) in [4.78, 5) is 5.11. The van der Waals surface area contributed by atoms with E-state index in [9.17, 15) is 0 Å². The number of rotatable bonds is 4. The molecular weight excluding hydrogens is 645 g/mol. The summed E-state index contributed by atoms with van der Waals surface area (Å²) in [6.07, 6.45) is 1.57. The molecule has 0 saturated carbocycles. The molecule has 0 spiro atoms. The predicted octanol–water partition coefficient (Wildman–Crippen LogP) is 11.1. The van der Waals surface area contributed by atoms with E-state index in [0.717, 1.165) is 33.0 Å². The lowest BCUT2D eigenvalue weighted by Gasteiger charge is -2.24. The topological polar surface area (TPSA) is 34.2 Å². The van der Waals surface area contributed by atoms with Gasteiger partial charge in [-0.05, 0) is 84.3 Å². The minimum Gasteiger partial charge on any atom is -0.345 e. The summed E-state index contributed by atoms with van der Waals surface area (Å²) in [5.74, 6) is 1.04. The number of aromatic nitrogens is 2. The van der Waals surface area contributed by atoms with E-state index >= 15 is 0 Å². The summed E-state index contributed by atoms with van der Waals surface area (Å²) in [6, 6.07) is 60.8. The molecule has 53 heavy (non-hydrogen) atoms. The maximum atomic E-state index is 5.11. The van der Waals surface area contributed by atoms with Crippen LogP contribution in [0.15, 0.2) is 201 Å². The first-order chi connectivity index (χ1) is 26.2. The maximum Gasteiger partial charge on any atom is 0.146 e. The number of para-hydroxylation sites is 4. The molecule has 1 unspecified atom stereocenters. The van der Waals surface area contributed by atoms with E-state index in [-0.39, 0.29) is 6.17 Å². The summed E-state index contributed by atoms with van der Waals surface area (Å²) in [5.41, 5.74) is 9.45. The second-order valence-corrected chi connectivity index (χ2v) is 12.9. The van der Waals surface area contributed by atoms with E-state index in [0.29, 0.717) is 0 Å². The van der Waals surface area contributed by atoms with Gasteiger partial charge in [0.15, 0.2) is 0 Å². The summed E-state index contributed by atoms with van der Waals surface area (Å²) >= 11 is 0. The van der Waals surface area contributed by atoms with Crippen LogP contribution in [0, 0.1) is 0 Å².